The lowest BCUT2D eigenvalue weighted by Crippen LogP contribution is -2.48. The topological polar surface area (TPSA) is 88.5 Å². The van der Waals surface area contributed by atoms with Crippen molar-refractivity contribution < 1.29 is 14.3 Å². The fourth-order valence-corrected chi connectivity index (χ4v) is 4.10. The molecule has 0 spiro atoms. The summed E-state index contributed by atoms with van der Waals surface area (Å²) in [6.07, 6.45) is 12.5. The molecule has 8 nitrogen and oxygen atoms in total. The number of amides is 2. The van der Waals surface area contributed by atoms with Gasteiger partial charge in [-0.1, -0.05) is 24.3 Å². The number of aromatic nitrogens is 2. The van der Waals surface area contributed by atoms with E-state index in [2.05, 4.69) is 33.0 Å². The number of methoxy groups -OCH3 is 1. The van der Waals surface area contributed by atoms with Gasteiger partial charge in [-0.15, -0.1) is 0 Å². The minimum Gasteiger partial charge on any atom is -0.385 e. The molecule has 1 fully saturated rings. The average molecular weight is 430 g/mol. The van der Waals surface area contributed by atoms with Gasteiger partial charge in [-0.2, -0.15) is 5.10 Å². The number of piperidine rings is 1. The Kier molecular flexibility index (Phi) is 8.43. The van der Waals surface area contributed by atoms with E-state index in [1.807, 2.05) is 30.7 Å². The Morgan fingerprint density at radius 1 is 1.23 bits per heavy atom. The number of likely N-dealkylation sites (tertiary alicyclic amines) is 1. The van der Waals surface area contributed by atoms with Gasteiger partial charge in [0.05, 0.1) is 5.35 Å². The van der Waals surface area contributed by atoms with Gasteiger partial charge in [0.2, 0.25) is 5.91 Å². The first-order valence-electron chi connectivity index (χ1n) is 11.3. The molecule has 2 heterocycles. The maximum atomic E-state index is 12.9. The van der Waals surface area contributed by atoms with Crippen molar-refractivity contribution in [1.29, 1.82) is 0 Å². The summed E-state index contributed by atoms with van der Waals surface area (Å²) in [5.74, 6) is -0.609. The molecule has 3 rings (SSSR count). The van der Waals surface area contributed by atoms with Crippen LogP contribution in [0, 0.1) is 5.92 Å². The number of hydrazine groups is 1. The van der Waals surface area contributed by atoms with E-state index in [-0.39, 0.29) is 23.8 Å². The van der Waals surface area contributed by atoms with Crippen LogP contribution in [0.25, 0.3) is 12.2 Å². The zero-order valence-electron chi connectivity index (χ0n) is 18.9. The quantitative estimate of drug-likeness (QED) is 0.496. The first-order chi connectivity index (χ1) is 15.0. The summed E-state index contributed by atoms with van der Waals surface area (Å²) >= 11 is 0. The van der Waals surface area contributed by atoms with E-state index in [4.69, 9.17) is 4.74 Å². The van der Waals surface area contributed by atoms with Crippen LogP contribution in [0.2, 0.25) is 0 Å². The van der Waals surface area contributed by atoms with Gasteiger partial charge >= 0.3 is 0 Å². The number of hydrogen-bond acceptors (Lipinski definition) is 5. The first-order valence-corrected chi connectivity index (χ1v) is 11.3. The lowest BCUT2D eigenvalue weighted by Gasteiger charge is -2.31. The molecule has 1 aromatic rings. The van der Waals surface area contributed by atoms with Crippen molar-refractivity contribution in [2.45, 2.75) is 52.0 Å². The monoisotopic (exact) mass is 429 g/mol. The summed E-state index contributed by atoms with van der Waals surface area (Å²) in [6, 6.07) is 0.132. The van der Waals surface area contributed by atoms with Crippen LogP contribution in [-0.4, -0.2) is 59.8 Å². The summed E-state index contributed by atoms with van der Waals surface area (Å²) in [6.45, 7) is 7.61. The van der Waals surface area contributed by atoms with Crippen molar-refractivity contribution in [2.24, 2.45) is 5.92 Å². The second kappa shape index (κ2) is 11.2. The predicted molar refractivity (Wildman–Crippen MR) is 120 cm³/mol. The van der Waals surface area contributed by atoms with Gasteiger partial charge in [0.1, 0.15) is 0 Å². The molecular weight excluding hydrogens is 394 g/mol. The molecule has 0 atom stereocenters. The Morgan fingerprint density at radius 3 is 2.71 bits per heavy atom. The summed E-state index contributed by atoms with van der Waals surface area (Å²) in [5, 5.41) is 6.30. The number of allylic oxidation sites excluding steroid dienone is 2. The number of hydrogen-bond donors (Lipinski definition) is 2. The molecule has 0 saturated carbocycles. The SMILES string of the molecule is COCCCN1CCC(C(=O)NNC(=O)c2nn(C(C)C)c3/c2=C\C=C/CC/C=3)CC1. The van der Waals surface area contributed by atoms with E-state index in [1.165, 1.54) is 0 Å². The molecule has 1 aliphatic carbocycles. The second-order valence-electron chi connectivity index (χ2n) is 8.47. The van der Waals surface area contributed by atoms with Crippen molar-refractivity contribution in [3.63, 3.8) is 0 Å². The van der Waals surface area contributed by atoms with Crippen LogP contribution < -0.4 is 21.4 Å². The summed E-state index contributed by atoms with van der Waals surface area (Å²) in [4.78, 5) is 27.8. The third kappa shape index (κ3) is 6.04. The molecular formula is C23H35N5O3. The van der Waals surface area contributed by atoms with Crippen LogP contribution in [0.1, 0.15) is 62.5 Å². The Balaban J connectivity index is 1.60. The van der Waals surface area contributed by atoms with Crippen LogP contribution in [0.5, 0.6) is 0 Å². The summed E-state index contributed by atoms with van der Waals surface area (Å²) in [5.41, 5.74) is 5.54. The third-order valence-corrected chi connectivity index (χ3v) is 5.84. The van der Waals surface area contributed by atoms with E-state index in [0.717, 1.165) is 68.9 Å². The van der Waals surface area contributed by atoms with Gasteiger partial charge in [-0.25, -0.2) is 0 Å². The fraction of sp³-hybridized carbons (Fsp3) is 0.609. The largest absolute Gasteiger partial charge is 0.385 e. The fourth-order valence-electron chi connectivity index (χ4n) is 4.10. The molecule has 2 amide bonds. The first kappa shape index (κ1) is 23.2. The molecule has 2 N–H and O–H groups in total. The number of fused-ring (bicyclic) bond motifs is 1. The highest BCUT2D eigenvalue weighted by Crippen LogP contribution is 2.17. The maximum absolute atomic E-state index is 12.9. The number of carbonyl (C=O) groups is 2. The zero-order valence-corrected chi connectivity index (χ0v) is 18.9. The molecule has 2 aliphatic rings. The van der Waals surface area contributed by atoms with E-state index in [1.54, 1.807) is 7.11 Å². The van der Waals surface area contributed by atoms with Crippen molar-refractivity contribution in [2.75, 3.05) is 33.4 Å². The lowest BCUT2D eigenvalue weighted by molar-refractivity contribution is -0.127. The van der Waals surface area contributed by atoms with Crippen LogP contribution >= 0.6 is 0 Å². The Labute approximate surface area is 184 Å². The van der Waals surface area contributed by atoms with Crippen LogP contribution in [0.4, 0.5) is 0 Å². The van der Waals surface area contributed by atoms with Crippen molar-refractivity contribution in [3.8, 4) is 0 Å². The molecule has 31 heavy (non-hydrogen) atoms. The molecule has 1 saturated heterocycles. The second-order valence-corrected chi connectivity index (χ2v) is 8.47. The van der Waals surface area contributed by atoms with E-state index >= 15 is 0 Å². The predicted octanol–water partition coefficient (Wildman–Crippen LogP) is 0.885. The maximum Gasteiger partial charge on any atom is 0.290 e. The number of nitrogens with one attached hydrogen (secondary N) is 2. The molecule has 170 valence electrons. The minimum absolute atomic E-state index is 0.0874. The van der Waals surface area contributed by atoms with Gasteiger partial charge in [0, 0.05) is 37.4 Å². The normalized spacial score (nSPS) is 20.5. The molecule has 1 aliphatic heterocycles. The molecule has 8 heteroatoms. The number of carbonyl (C=O) groups excluding carboxylic acids is 2. The Morgan fingerprint density at radius 2 is 2.00 bits per heavy atom. The summed E-state index contributed by atoms with van der Waals surface area (Å²) < 4.78 is 6.98. The Hall–Kier alpha value is -2.45. The average Bonchev–Trinajstić information content (AvgIpc) is 3.10. The van der Waals surface area contributed by atoms with Crippen LogP contribution in [0.3, 0.4) is 0 Å². The lowest BCUT2D eigenvalue weighted by atomic mass is 9.96. The molecule has 0 aromatic carbocycles. The van der Waals surface area contributed by atoms with Crippen molar-refractivity contribution in [1.82, 2.24) is 25.5 Å². The van der Waals surface area contributed by atoms with Crippen molar-refractivity contribution in [3.05, 3.63) is 28.4 Å². The standard InChI is InChI=1S/C23H35N5O3/c1-17(2)28-20-10-7-5-4-6-9-19(20)21(26-28)23(30)25-24-22(29)18-11-14-27(15-12-18)13-8-16-31-3/h4,6,9-10,17-18H,5,7-8,11-16H2,1-3H3,(H,24,29)(H,25,30)/b6-4-,19-9+,20-10-. The van der Waals surface area contributed by atoms with Gasteiger partial charge in [-0.05, 0) is 59.0 Å². The molecule has 1 aromatic heterocycles. The van der Waals surface area contributed by atoms with Gasteiger partial charge in [0.15, 0.2) is 5.69 Å². The highest BCUT2D eigenvalue weighted by atomic mass is 16.5. The highest BCUT2D eigenvalue weighted by molar-refractivity contribution is 5.94. The smallest absolute Gasteiger partial charge is 0.290 e. The minimum atomic E-state index is -0.389. The third-order valence-electron chi connectivity index (χ3n) is 5.84. The molecule has 0 radical (unpaired) electrons. The van der Waals surface area contributed by atoms with Gasteiger partial charge in [0.25, 0.3) is 5.91 Å². The summed E-state index contributed by atoms with van der Waals surface area (Å²) in [7, 11) is 1.71. The molecule has 0 bridgehead atoms. The van der Waals surface area contributed by atoms with Gasteiger partial charge < -0.3 is 9.64 Å². The van der Waals surface area contributed by atoms with E-state index in [0.29, 0.717) is 5.69 Å². The van der Waals surface area contributed by atoms with Crippen LogP contribution in [-0.2, 0) is 9.53 Å². The number of rotatable bonds is 7. The highest BCUT2D eigenvalue weighted by Gasteiger charge is 2.25. The zero-order chi connectivity index (χ0) is 22.2. The Bertz CT molecular complexity index is 910. The van der Waals surface area contributed by atoms with Crippen LogP contribution in [0.15, 0.2) is 12.2 Å². The number of ether oxygens (including phenoxy) is 1. The van der Waals surface area contributed by atoms with E-state index < -0.39 is 0 Å². The van der Waals surface area contributed by atoms with Crippen molar-refractivity contribution >= 4 is 24.0 Å². The molecule has 0 unspecified atom stereocenters. The van der Waals surface area contributed by atoms with Gasteiger partial charge in [-0.3, -0.25) is 25.1 Å². The number of nitrogens with zero attached hydrogens (tertiary/aromatic N) is 3. The van der Waals surface area contributed by atoms with E-state index in [9.17, 15) is 9.59 Å².